The highest BCUT2D eigenvalue weighted by Gasteiger charge is 2.24. The molecule has 0 aliphatic carbocycles. The second-order valence-electron chi connectivity index (χ2n) is 7.56. The molecular weight excluding hydrogens is 344 g/mol. The molecule has 8 heteroatoms. The first-order valence-corrected chi connectivity index (χ1v) is 9.20. The normalized spacial score (nSPS) is 15.0. The van der Waals surface area contributed by atoms with Crippen LogP contribution in [0.5, 0.6) is 5.75 Å². The van der Waals surface area contributed by atoms with Crippen LogP contribution in [0.15, 0.2) is 30.6 Å². The van der Waals surface area contributed by atoms with Gasteiger partial charge in [0.1, 0.15) is 17.9 Å². The maximum atomic E-state index is 12.5. The van der Waals surface area contributed by atoms with Gasteiger partial charge in [-0.2, -0.15) is 5.10 Å². The van der Waals surface area contributed by atoms with Gasteiger partial charge in [-0.05, 0) is 32.9 Å². The lowest BCUT2D eigenvalue weighted by Crippen LogP contribution is -2.52. The smallest absolute Gasteiger partial charge is 0.317 e. The lowest BCUT2D eigenvalue weighted by Gasteiger charge is -2.36. The Morgan fingerprint density at radius 2 is 1.89 bits per heavy atom. The van der Waals surface area contributed by atoms with Crippen LogP contribution in [0.2, 0.25) is 0 Å². The number of nitrogens with one attached hydrogen (secondary N) is 1. The zero-order valence-corrected chi connectivity index (χ0v) is 16.5. The quantitative estimate of drug-likeness (QED) is 0.889. The lowest BCUT2D eigenvalue weighted by molar-refractivity contribution is 0.193. The molecule has 2 aromatic rings. The molecule has 1 saturated heterocycles. The number of aromatic nitrogens is 3. The van der Waals surface area contributed by atoms with E-state index in [-0.39, 0.29) is 11.6 Å². The summed E-state index contributed by atoms with van der Waals surface area (Å²) < 4.78 is 7.28. The van der Waals surface area contributed by atoms with Crippen LogP contribution in [0.3, 0.4) is 0 Å². The summed E-state index contributed by atoms with van der Waals surface area (Å²) >= 11 is 0. The number of hydrogen-bond donors (Lipinski definition) is 1. The van der Waals surface area contributed by atoms with Crippen LogP contribution in [0, 0.1) is 0 Å². The van der Waals surface area contributed by atoms with E-state index in [2.05, 4.69) is 41.1 Å². The van der Waals surface area contributed by atoms with E-state index in [0.29, 0.717) is 19.6 Å². The number of urea groups is 1. The van der Waals surface area contributed by atoms with E-state index in [9.17, 15) is 4.79 Å². The van der Waals surface area contributed by atoms with E-state index in [1.807, 2.05) is 33.8 Å². The van der Waals surface area contributed by atoms with E-state index >= 15 is 0 Å². The number of amides is 2. The minimum absolute atomic E-state index is 0.0712. The minimum Gasteiger partial charge on any atom is -0.495 e. The average Bonchev–Trinajstić information content (AvgIpc) is 3.15. The van der Waals surface area contributed by atoms with Crippen LogP contribution in [-0.4, -0.2) is 59.0 Å². The van der Waals surface area contributed by atoms with Gasteiger partial charge in [0.05, 0.1) is 24.9 Å². The Kier molecular flexibility index (Phi) is 5.53. The Morgan fingerprint density at radius 3 is 2.56 bits per heavy atom. The molecule has 0 saturated carbocycles. The maximum absolute atomic E-state index is 12.5. The Hall–Kier alpha value is -2.77. The fraction of sp³-hybridized carbons (Fsp3) is 0.526. The van der Waals surface area contributed by atoms with Crippen LogP contribution in [0.4, 0.5) is 10.5 Å². The van der Waals surface area contributed by atoms with Gasteiger partial charge >= 0.3 is 6.03 Å². The number of ether oxygens (including phenoxy) is 1. The predicted octanol–water partition coefficient (Wildman–Crippen LogP) is 2.07. The third-order valence-corrected chi connectivity index (χ3v) is 4.64. The molecule has 0 atom stereocenters. The van der Waals surface area contributed by atoms with Crippen molar-refractivity contribution >= 4 is 11.7 Å². The van der Waals surface area contributed by atoms with Crippen LogP contribution in [0.1, 0.15) is 26.6 Å². The summed E-state index contributed by atoms with van der Waals surface area (Å²) in [5.74, 6) is 1.61. The fourth-order valence-corrected chi connectivity index (χ4v) is 3.25. The average molecular weight is 372 g/mol. The topological polar surface area (TPSA) is 75.5 Å². The van der Waals surface area contributed by atoms with Gasteiger partial charge in [0.2, 0.25) is 0 Å². The van der Waals surface area contributed by atoms with Crippen LogP contribution in [0.25, 0.3) is 0 Å². The van der Waals surface area contributed by atoms with Gasteiger partial charge in [0, 0.05) is 26.2 Å². The molecular formula is C19H28N6O2. The molecule has 1 aliphatic heterocycles. The van der Waals surface area contributed by atoms with Gasteiger partial charge in [-0.15, -0.1) is 0 Å². The highest BCUT2D eigenvalue weighted by atomic mass is 16.5. The summed E-state index contributed by atoms with van der Waals surface area (Å²) in [5, 5.41) is 7.22. The van der Waals surface area contributed by atoms with Gasteiger partial charge in [0.15, 0.2) is 0 Å². The Labute approximate surface area is 160 Å². The summed E-state index contributed by atoms with van der Waals surface area (Å²) in [4.78, 5) is 20.9. The van der Waals surface area contributed by atoms with Gasteiger partial charge < -0.3 is 19.9 Å². The third-order valence-electron chi connectivity index (χ3n) is 4.64. The van der Waals surface area contributed by atoms with Crippen molar-refractivity contribution in [2.24, 2.45) is 0 Å². The molecule has 2 amide bonds. The molecule has 27 heavy (non-hydrogen) atoms. The Morgan fingerprint density at radius 1 is 1.19 bits per heavy atom. The van der Waals surface area contributed by atoms with Crippen LogP contribution in [-0.2, 0) is 12.1 Å². The summed E-state index contributed by atoms with van der Waals surface area (Å²) in [6.45, 7) is 9.41. The minimum atomic E-state index is -0.170. The molecule has 0 radical (unpaired) electrons. The number of methoxy groups -OCH3 is 1. The van der Waals surface area contributed by atoms with E-state index in [1.54, 1.807) is 7.11 Å². The summed E-state index contributed by atoms with van der Waals surface area (Å²) in [6, 6.07) is 7.90. The largest absolute Gasteiger partial charge is 0.495 e. The van der Waals surface area contributed by atoms with E-state index in [1.165, 1.54) is 6.33 Å². The number of benzene rings is 1. The van der Waals surface area contributed by atoms with E-state index < -0.39 is 0 Å². The zero-order valence-electron chi connectivity index (χ0n) is 16.5. The molecule has 1 aromatic heterocycles. The van der Waals surface area contributed by atoms with Crippen molar-refractivity contribution in [1.29, 1.82) is 0 Å². The molecule has 1 aliphatic rings. The highest BCUT2D eigenvalue weighted by molar-refractivity contribution is 5.74. The zero-order chi connectivity index (χ0) is 19.4. The first kappa shape index (κ1) is 19.0. The fourth-order valence-electron chi connectivity index (χ4n) is 3.25. The number of anilines is 1. The van der Waals surface area contributed by atoms with Gasteiger partial charge in [-0.3, -0.25) is 0 Å². The molecule has 146 valence electrons. The van der Waals surface area contributed by atoms with Gasteiger partial charge in [-0.25, -0.2) is 14.5 Å². The van der Waals surface area contributed by atoms with Crippen molar-refractivity contribution in [3.05, 3.63) is 36.4 Å². The highest BCUT2D eigenvalue weighted by Crippen LogP contribution is 2.28. The predicted molar refractivity (Wildman–Crippen MR) is 104 cm³/mol. The second-order valence-corrected chi connectivity index (χ2v) is 7.56. The molecule has 8 nitrogen and oxygen atoms in total. The molecule has 1 aromatic carbocycles. The first-order valence-electron chi connectivity index (χ1n) is 9.20. The molecule has 1 N–H and O–H groups in total. The molecule has 2 heterocycles. The van der Waals surface area contributed by atoms with Gasteiger partial charge in [0.25, 0.3) is 0 Å². The summed E-state index contributed by atoms with van der Waals surface area (Å²) in [6.07, 6.45) is 1.53. The van der Waals surface area contributed by atoms with Crippen molar-refractivity contribution in [2.45, 2.75) is 32.9 Å². The number of hydrogen-bond acceptors (Lipinski definition) is 5. The third kappa shape index (κ3) is 4.32. The van der Waals surface area contributed by atoms with Gasteiger partial charge in [-0.1, -0.05) is 12.1 Å². The van der Waals surface area contributed by atoms with E-state index in [0.717, 1.165) is 30.4 Å². The Balaban J connectivity index is 1.54. The molecule has 0 spiro atoms. The molecule has 3 rings (SSSR count). The monoisotopic (exact) mass is 372 g/mol. The van der Waals surface area contributed by atoms with Crippen molar-refractivity contribution in [3.63, 3.8) is 0 Å². The Bertz CT molecular complexity index is 775. The second kappa shape index (κ2) is 7.85. The molecule has 0 unspecified atom stereocenters. The van der Waals surface area contributed by atoms with Crippen molar-refractivity contribution in [3.8, 4) is 5.75 Å². The number of carbonyl (C=O) groups is 1. The van der Waals surface area contributed by atoms with Crippen molar-refractivity contribution < 1.29 is 9.53 Å². The number of para-hydroxylation sites is 2. The first-order chi connectivity index (χ1) is 12.9. The molecule has 0 bridgehead atoms. The number of nitrogens with zero attached hydrogens (tertiary/aromatic N) is 5. The number of piperazine rings is 1. The summed E-state index contributed by atoms with van der Waals surface area (Å²) in [5.41, 5.74) is 0.898. The summed E-state index contributed by atoms with van der Waals surface area (Å²) in [7, 11) is 1.68. The van der Waals surface area contributed by atoms with Crippen LogP contribution >= 0.6 is 0 Å². The SMILES string of the molecule is COc1ccccc1N1CCN(C(=O)NCc2ncnn2C(C)(C)C)CC1. The standard InChI is InChI=1S/C19H28N6O2/c1-19(2,3)25-17(21-14-22-25)13-20-18(26)24-11-9-23(10-12-24)15-7-5-6-8-16(15)27-4/h5-8,14H,9-13H2,1-4H3,(H,20,26). The number of carbonyl (C=O) groups excluding carboxylic acids is 1. The lowest BCUT2D eigenvalue weighted by atomic mass is 10.1. The number of rotatable bonds is 4. The van der Waals surface area contributed by atoms with E-state index in [4.69, 9.17) is 4.74 Å². The maximum Gasteiger partial charge on any atom is 0.317 e. The van der Waals surface area contributed by atoms with Crippen LogP contribution < -0.4 is 15.0 Å². The van der Waals surface area contributed by atoms with Crippen molar-refractivity contribution in [2.75, 3.05) is 38.2 Å². The van der Waals surface area contributed by atoms with Crippen molar-refractivity contribution in [1.82, 2.24) is 25.0 Å². The molecule has 1 fully saturated rings.